The lowest BCUT2D eigenvalue weighted by Gasteiger charge is -2.19. The SMILES string of the molecule is CC(C)(C)c1ccc2c(c1)c1cc(C(C)(C)C)ccc1n2-c1ccc2c(c1)c1cc(-n3c4ccc(C(C)(C)C)cc4c4cc(C(C)(C)C)ccc43)ccc1n2-c1ccc([N+](=O)[O-])cc1. The fourth-order valence-electron chi connectivity index (χ4n) is 9.75. The molecule has 0 saturated carbocycles. The van der Waals surface area contributed by atoms with Gasteiger partial charge in [-0.3, -0.25) is 10.1 Å². The van der Waals surface area contributed by atoms with Crippen molar-refractivity contribution in [2.24, 2.45) is 0 Å². The van der Waals surface area contributed by atoms with Crippen LogP contribution in [0.3, 0.4) is 0 Å². The molecule has 0 aliphatic rings. The van der Waals surface area contributed by atoms with E-state index in [-0.39, 0.29) is 32.3 Å². The van der Waals surface area contributed by atoms with E-state index in [0.29, 0.717) is 0 Å². The van der Waals surface area contributed by atoms with E-state index in [2.05, 4.69) is 206 Å². The summed E-state index contributed by atoms with van der Waals surface area (Å²) >= 11 is 0. The number of hydrogen-bond acceptors (Lipinski definition) is 2. The highest BCUT2D eigenvalue weighted by atomic mass is 16.6. The summed E-state index contributed by atoms with van der Waals surface area (Å²) in [5, 5.41) is 19.0. The molecule has 7 aromatic carbocycles. The Morgan fingerprint density at radius 2 is 0.562 bits per heavy atom. The normalized spacial score (nSPS) is 13.1. The number of fused-ring (bicyclic) bond motifs is 9. The Bertz CT molecular complexity index is 3200. The van der Waals surface area contributed by atoms with Crippen LogP contribution in [0, 0.1) is 10.1 Å². The minimum Gasteiger partial charge on any atom is -0.309 e. The lowest BCUT2D eigenvalue weighted by atomic mass is 9.85. The van der Waals surface area contributed by atoms with Crippen molar-refractivity contribution in [3.8, 4) is 17.1 Å². The van der Waals surface area contributed by atoms with Gasteiger partial charge in [0.1, 0.15) is 0 Å². The van der Waals surface area contributed by atoms with Gasteiger partial charge in [-0.25, -0.2) is 0 Å². The van der Waals surface area contributed by atoms with Crippen LogP contribution in [0.25, 0.3) is 82.5 Å². The highest BCUT2D eigenvalue weighted by Crippen LogP contribution is 2.42. The first-order chi connectivity index (χ1) is 30.1. The molecule has 10 rings (SSSR count). The topological polar surface area (TPSA) is 57.9 Å². The van der Waals surface area contributed by atoms with E-state index in [0.717, 1.165) is 38.9 Å². The highest BCUT2D eigenvalue weighted by molar-refractivity contribution is 6.14. The lowest BCUT2D eigenvalue weighted by Crippen LogP contribution is -2.10. The van der Waals surface area contributed by atoms with E-state index in [9.17, 15) is 10.1 Å². The summed E-state index contributed by atoms with van der Waals surface area (Å²) in [5.41, 5.74) is 15.1. The molecule has 0 radical (unpaired) electrons. The Balaban J connectivity index is 1.27. The van der Waals surface area contributed by atoms with Gasteiger partial charge in [0.2, 0.25) is 0 Å². The lowest BCUT2D eigenvalue weighted by molar-refractivity contribution is -0.384. The molecule has 0 atom stereocenters. The van der Waals surface area contributed by atoms with Gasteiger partial charge in [0, 0.05) is 61.5 Å². The third kappa shape index (κ3) is 6.60. The number of benzene rings is 7. The molecule has 0 fully saturated rings. The van der Waals surface area contributed by atoms with Crippen LogP contribution in [0.4, 0.5) is 5.69 Å². The first-order valence-electron chi connectivity index (χ1n) is 22.6. The van der Waals surface area contributed by atoms with Gasteiger partial charge in [0.05, 0.1) is 38.0 Å². The summed E-state index contributed by atoms with van der Waals surface area (Å²) in [6, 6.07) is 48.4. The van der Waals surface area contributed by atoms with E-state index in [1.165, 1.54) is 65.9 Å². The monoisotopic (exact) mass is 842 g/mol. The highest BCUT2D eigenvalue weighted by Gasteiger charge is 2.25. The van der Waals surface area contributed by atoms with E-state index in [1.807, 2.05) is 12.1 Å². The maximum atomic E-state index is 11.8. The molecule has 0 amide bonds. The van der Waals surface area contributed by atoms with Crippen LogP contribution < -0.4 is 0 Å². The summed E-state index contributed by atoms with van der Waals surface area (Å²) < 4.78 is 7.10. The average Bonchev–Trinajstić information content (AvgIpc) is 3.86. The quantitative estimate of drug-likeness (QED) is 0.131. The summed E-state index contributed by atoms with van der Waals surface area (Å²) in [5.74, 6) is 0. The summed E-state index contributed by atoms with van der Waals surface area (Å²) in [7, 11) is 0. The molecule has 0 aliphatic heterocycles. The molecule has 0 spiro atoms. The summed E-state index contributed by atoms with van der Waals surface area (Å²) in [4.78, 5) is 11.4. The number of rotatable bonds is 4. The van der Waals surface area contributed by atoms with Crippen LogP contribution >= 0.6 is 0 Å². The van der Waals surface area contributed by atoms with Crippen molar-refractivity contribution in [2.45, 2.75) is 105 Å². The number of aromatic nitrogens is 3. The van der Waals surface area contributed by atoms with Crippen molar-refractivity contribution in [3.05, 3.63) is 166 Å². The van der Waals surface area contributed by atoms with Gasteiger partial charge in [0.25, 0.3) is 5.69 Å². The smallest absolute Gasteiger partial charge is 0.269 e. The fraction of sp³-hybridized carbons (Fsp3) is 0.276. The van der Waals surface area contributed by atoms with E-state index < -0.39 is 0 Å². The van der Waals surface area contributed by atoms with Crippen LogP contribution in [0.2, 0.25) is 0 Å². The van der Waals surface area contributed by atoms with Gasteiger partial charge >= 0.3 is 0 Å². The third-order valence-corrected chi connectivity index (χ3v) is 13.6. The van der Waals surface area contributed by atoms with Gasteiger partial charge in [-0.15, -0.1) is 0 Å². The fourth-order valence-corrected chi connectivity index (χ4v) is 9.75. The maximum Gasteiger partial charge on any atom is 0.269 e. The minimum atomic E-state index is -0.338. The zero-order valence-corrected chi connectivity index (χ0v) is 39.3. The zero-order valence-electron chi connectivity index (χ0n) is 39.3. The van der Waals surface area contributed by atoms with E-state index in [1.54, 1.807) is 12.1 Å². The molecule has 6 nitrogen and oxygen atoms in total. The molecule has 0 saturated heterocycles. The van der Waals surface area contributed by atoms with Crippen molar-refractivity contribution in [1.29, 1.82) is 0 Å². The second kappa shape index (κ2) is 13.9. The first kappa shape index (κ1) is 41.4. The number of nitro groups is 1. The summed E-state index contributed by atoms with van der Waals surface area (Å²) in [6.45, 7) is 27.4. The van der Waals surface area contributed by atoms with Crippen molar-refractivity contribution in [3.63, 3.8) is 0 Å². The number of non-ortho nitro benzene ring substituents is 1. The second-order valence-corrected chi connectivity index (χ2v) is 22.1. The van der Waals surface area contributed by atoms with Crippen molar-refractivity contribution in [2.75, 3.05) is 0 Å². The average molecular weight is 843 g/mol. The Labute approximate surface area is 375 Å². The molecule has 322 valence electrons. The van der Waals surface area contributed by atoms with Gasteiger partial charge in [0.15, 0.2) is 0 Å². The Morgan fingerprint density at radius 3 is 0.828 bits per heavy atom. The molecule has 0 unspecified atom stereocenters. The number of hydrogen-bond donors (Lipinski definition) is 0. The molecule has 3 heterocycles. The van der Waals surface area contributed by atoms with Crippen LogP contribution in [0.5, 0.6) is 0 Å². The minimum absolute atomic E-state index is 0.000689. The van der Waals surface area contributed by atoms with Crippen molar-refractivity contribution < 1.29 is 4.92 Å². The molecular weight excluding hydrogens is 785 g/mol. The Morgan fingerprint density at radius 1 is 0.328 bits per heavy atom. The molecule has 10 aromatic rings. The second-order valence-electron chi connectivity index (χ2n) is 22.1. The Hall–Kier alpha value is -6.66. The van der Waals surface area contributed by atoms with Gasteiger partial charge < -0.3 is 13.7 Å². The molecule has 64 heavy (non-hydrogen) atoms. The van der Waals surface area contributed by atoms with Crippen molar-refractivity contribution in [1.82, 2.24) is 13.7 Å². The van der Waals surface area contributed by atoms with Gasteiger partial charge in [-0.05, 0) is 141 Å². The van der Waals surface area contributed by atoms with Crippen LogP contribution in [-0.4, -0.2) is 18.6 Å². The number of nitrogens with zero attached hydrogens (tertiary/aromatic N) is 4. The predicted octanol–water partition coefficient (Wildman–Crippen LogP) is 16.1. The van der Waals surface area contributed by atoms with E-state index in [4.69, 9.17) is 0 Å². The molecular formula is C58H58N4O2. The maximum absolute atomic E-state index is 11.8. The molecule has 6 heteroatoms. The molecule has 0 aliphatic carbocycles. The van der Waals surface area contributed by atoms with Gasteiger partial charge in [-0.2, -0.15) is 0 Å². The van der Waals surface area contributed by atoms with Gasteiger partial charge in [-0.1, -0.05) is 107 Å². The Kier molecular flexibility index (Phi) is 8.99. The number of nitro benzene ring substituents is 1. The van der Waals surface area contributed by atoms with Crippen molar-refractivity contribution >= 4 is 71.1 Å². The summed E-state index contributed by atoms with van der Waals surface area (Å²) in [6.07, 6.45) is 0. The first-order valence-corrected chi connectivity index (χ1v) is 22.6. The van der Waals surface area contributed by atoms with Crippen LogP contribution in [-0.2, 0) is 21.7 Å². The molecule has 0 bridgehead atoms. The van der Waals surface area contributed by atoms with Crippen LogP contribution in [0.1, 0.15) is 105 Å². The third-order valence-electron chi connectivity index (χ3n) is 13.6. The largest absolute Gasteiger partial charge is 0.309 e. The van der Waals surface area contributed by atoms with Crippen LogP contribution in [0.15, 0.2) is 133 Å². The predicted molar refractivity (Wildman–Crippen MR) is 271 cm³/mol. The van der Waals surface area contributed by atoms with E-state index >= 15 is 0 Å². The molecule has 3 aromatic heterocycles. The molecule has 0 N–H and O–H groups in total. The standard InChI is InChI=1S/C58H58N4O2/c1-55(2,3)35-13-23-49-43(29-35)44-30-36(56(4,5)6)14-24-50(44)60(49)41-21-27-53-47(33-41)48-34-42(22-28-54(48)59(53)39-17-19-40(20-18-39)62(63)64)61-51-25-15-37(57(7,8)9)31-45(51)46-32-38(58(10,11)12)16-26-52(46)61/h13-34H,1-12H3. The zero-order chi connectivity index (χ0) is 45.4.